The van der Waals surface area contributed by atoms with Gasteiger partial charge in [0.15, 0.2) is 0 Å². The van der Waals surface area contributed by atoms with E-state index in [1.165, 1.54) is 0 Å². The van der Waals surface area contributed by atoms with Gasteiger partial charge < -0.3 is 11.1 Å². The molecule has 1 rings (SSSR count). The van der Waals surface area contributed by atoms with Gasteiger partial charge in [-0.05, 0) is 24.0 Å². The lowest BCUT2D eigenvalue weighted by Gasteiger charge is -2.17. The molecule has 18 heavy (non-hydrogen) atoms. The number of rotatable bonds is 4. The van der Waals surface area contributed by atoms with Crippen molar-refractivity contribution in [1.29, 1.82) is 0 Å². The predicted octanol–water partition coefficient (Wildman–Crippen LogP) is 2.18. The number of carbonyl (C=O) groups excluding carboxylic acids is 1. The molecule has 0 aliphatic rings. The first kappa shape index (κ1) is 16.7. The van der Waals surface area contributed by atoms with E-state index in [2.05, 4.69) is 31.1 Å². The van der Waals surface area contributed by atoms with Crippen LogP contribution in [0.25, 0.3) is 0 Å². The van der Waals surface area contributed by atoms with E-state index in [0.717, 1.165) is 12.1 Å². The molecule has 0 atom stereocenters. The zero-order valence-corrected chi connectivity index (χ0v) is 12.0. The van der Waals surface area contributed by atoms with E-state index in [1.807, 2.05) is 0 Å². The van der Waals surface area contributed by atoms with E-state index in [1.54, 1.807) is 18.3 Å². The molecule has 0 unspecified atom stereocenters. The number of aromatic nitrogens is 1. The molecular weight excluding hydrogens is 250 g/mol. The van der Waals surface area contributed by atoms with E-state index in [-0.39, 0.29) is 23.7 Å². The molecule has 0 aromatic carbocycles. The highest BCUT2D eigenvalue weighted by Crippen LogP contribution is 2.16. The second-order valence-corrected chi connectivity index (χ2v) is 5.42. The molecule has 0 aliphatic carbocycles. The molecule has 0 radical (unpaired) electrons. The van der Waals surface area contributed by atoms with Crippen molar-refractivity contribution in [3.63, 3.8) is 0 Å². The Kier molecular flexibility index (Phi) is 6.70. The van der Waals surface area contributed by atoms with Crippen LogP contribution in [-0.2, 0) is 11.2 Å². The number of amides is 1. The van der Waals surface area contributed by atoms with Crippen molar-refractivity contribution in [1.82, 2.24) is 10.3 Å². The average Bonchev–Trinajstić information content (AvgIpc) is 2.19. The molecule has 1 aromatic heterocycles. The standard InChI is InChI=1S/C13H21N3O.ClH/c1-13(2,3)6-7-15-12(17)8-11-5-4-10(14)9-16-11;/h4-5,9H,6-8,14H2,1-3H3,(H,15,17);1H. The smallest absolute Gasteiger partial charge is 0.226 e. The molecule has 5 heteroatoms. The zero-order chi connectivity index (χ0) is 12.9. The number of nitrogens with zero attached hydrogens (tertiary/aromatic N) is 1. The highest BCUT2D eigenvalue weighted by Gasteiger charge is 2.10. The number of pyridine rings is 1. The van der Waals surface area contributed by atoms with Crippen molar-refractivity contribution in [2.24, 2.45) is 5.41 Å². The molecule has 0 spiro atoms. The van der Waals surface area contributed by atoms with E-state index in [4.69, 9.17) is 5.73 Å². The lowest BCUT2D eigenvalue weighted by Crippen LogP contribution is -2.28. The Morgan fingerprint density at radius 1 is 1.39 bits per heavy atom. The molecule has 0 aliphatic heterocycles. The Labute approximate surface area is 115 Å². The molecule has 4 nitrogen and oxygen atoms in total. The summed E-state index contributed by atoms with van der Waals surface area (Å²) in [4.78, 5) is 15.7. The summed E-state index contributed by atoms with van der Waals surface area (Å²) in [6.07, 6.45) is 2.84. The fraction of sp³-hybridized carbons (Fsp3) is 0.538. The number of carbonyl (C=O) groups is 1. The molecular formula is C13H22ClN3O. The van der Waals surface area contributed by atoms with Crippen LogP contribution in [0.3, 0.4) is 0 Å². The maximum atomic E-state index is 11.6. The van der Waals surface area contributed by atoms with Crippen molar-refractivity contribution in [2.75, 3.05) is 12.3 Å². The summed E-state index contributed by atoms with van der Waals surface area (Å²) in [5.74, 6) is 0.00604. The maximum Gasteiger partial charge on any atom is 0.226 e. The first-order chi connectivity index (χ1) is 7.87. The normalized spacial score (nSPS) is 10.6. The van der Waals surface area contributed by atoms with Gasteiger partial charge in [0, 0.05) is 12.2 Å². The SMILES string of the molecule is CC(C)(C)CCNC(=O)Cc1ccc(N)cn1.Cl. The number of nitrogen functional groups attached to an aromatic ring is 1. The Morgan fingerprint density at radius 2 is 2.06 bits per heavy atom. The number of nitrogens with two attached hydrogens (primary N) is 1. The van der Waals surface area contributed by atoms with E-state index < -0.39 is 0 Å². The Bertz CT molecular complexity index is 371. The summed E-state index contributed by atoms with van der Waals surface area (Å²) >= 11 is 0. The highest BCUT2D eigenvalue weighted by molar-refractivity contribution is 5.85. The third-order valence-corrected chi connectivity index (χ3v) is 2.39. The maximum absolute atomic E-state index is 11.6. The van der Waals surface area contributed by atoms with E-state index >= 15 is 0 Å². The van der Waals surface area contributed by atoms with Gasteiger partial charge in [-0.2, -0.15) is 0 Å². The van der Waals surface area contributed by atoms with Gasteiger partial charge >= 0.3 is 0 Å². The van der Waals surface area contributed by atoms with E-state index in [9.17, 15) is 4.79 Å². The predicted molar refractivity (Wildman–Crippen MR) is 76.7 cm³/mol. The fourth-order valence-electron chi connectivity index (χ4n) is 1.34. The van der Waals surface area contributed by atoms with Gasteiger partial charge in [-0.3, -0.25) is 9.78 Å². The first-order valence-electron chi connectivity index (χ1n) is 5.84. The molecule has 0 saturated heterocycles. The Morgan fingerprint density at radius 3 is 2.56 bits per heavy atom. The summed E-state index contributed by atoms with van der Waals surface area (Å²) in [7, 11) is 0. The summed E-state index contributed by atoms with van der Waals surface area (Å²) in [6.45, 7) is 7.17. The van der Waals surface area contributed by atoms with E-state index in [0.29, 0.717) is 18.7 Å². The third kappa shape index (κ3) is 7.12. The monoisotopic (exact) mass is 271 g/mol. The van der Waals surface area contributed by atoms with Gasteiger partial charge in [0.2, 0.25) is 5.91 Å². The van der Waals surface area contributed by atoms with Gasteiger partial charge in [-0.25, -0.2) is 0 Å². The molecule has 1 amide bonds. The minimum absolute atomic E-state index is 0. The third-order valence-electron chi connectivity index (χ3n) is 2.39. The van der Waals surface area contributed by atoms with Crippen molar-refractivity contribution in [3.8, 4) is 0 Å². The molecule has 1 heterocycles. The van der Waals surface area contributed by atoms with Crippen LogP contribution in [0.2, 0.25) is 0 Å². The van der Waals surface area contributed by atoms with Gasteiger partial charge in [-0.15, -0.1) is 12.4 Å². The van der Waals surface area contributed by atoms with Gasteiger partial charge in [-0.1, -0.05) is 20.8 Å². The molecule has 0 saturated carbocycles. The highest BCUT2D eigenvalue weighted by atomic mass is 35.5. The second kappa shape index (κ2) is 7.21. The Hall–Kier alpha value is -1.29. The van der Waals surface area contributed by atoms with Gasteiger partial charge in [0.05, 0.1) is 18.3 Å². The summed E-state index contributed by atoms with van der Waals surface area (Å²) in [6, 6.07) is 3.53. The topological polar surface area (TPSA) is 68.0 Å². The quantitative estimate of drug-likeness (QED) is 0.882. The molecule has 0 bridgehead atoms. The summed E-state index contributed by atoms with van der Waals surface area (Å²) in [5, 5.41) is 2.89. The zero-order valence-electron chi connectivity index (χ0n) is 11.2. The fourth-order valence-corrected chi connectivity index (χ4v) is 1.34. The van der Waals surface area contributed by atoms with Gasteiger partial charge in [0.25, 0.3) is 0 Å². The van der Waals surface area contributed by atoms with Crippen molar-refractivity contribution >= 4 is 24.0 Å². The largest absolute Gasteiger partial charge is 0.397 e. The van der Waals surface area contributed by atoms with Crippen molar-refractivity contribution in [2.45, 2.75) is 33.6 Å². The second-order valence-electron chi connectivity index (χ2n) is 5.42. The lowest BCUT2D eigenvalue weighted by atomic mass is 9.92. The number of hydrogen-bond donors (Lipinski definition) is 2. The number of halogens is 1. The number of nitrogens with one attached hydrogen (secondary N) is 1. The van der Waals surface area contributed by atoms with Crippen LogP contribution in [0.15, 0.2) is 18.3 Å². The van der Waals surface area contributed by atoms with Crippen LogP contribution < -0.4 is 11.1 Å². The minimum atomic E-state index is 0. The van der Waals surface area contributed by atoms with Crippen LogP contribution in [0.5, 0.6) is 0 Å². The van der Waals surface area contributed by atoms with Crippen molar-refractivity contribution < 1.29 is 4.79 Å². The average molecular weight is 272 g/mol. The van der Waals surface area contributed by atoms with Crippen LogP contribution >= 0.6 is 12.4 Å². The summed E-state index contributed by atoms with van der Waals surface area (Å²) in [5.41, 5.74) is 7.12. The van der Waals surface area contributed by atoms with Crippen molar-refractivity contribution in [3.05, 3.63) is 24.0 Å². The van der Waals surface area contributed by atoms with Crippen LogP contribution in [-0.4, -0.2) is 17.4 Å². The van der Waals surface area contributed by atoms with Crippen LogP contribution in [0, 0.1) is 5.41 Å². The molecule has 0 fully saturated rings. The number of anilines is 1. The van der Waals surface area contributed by atoms with Gasteiger partial charge in [0.1, 0.15) is 0 Å². The first-order valence-corrected chi connectivity index (χ1v) is 5.84. The summed E-state index contributed by atoms with van der Waals surface area (Å²) < 4.78 is 0. The number of hydrogen-bond acceptors (Lipinski definition) is 3. The Balaban J connectivity index is 0.00000289. The van der Waals surface area contributed by atoms with Crippen LogP contribution in [0.1, 0.15) is 32.9 Å². The lowest BCUT2D eigenvalue weighted by molar-refractivity contribution is -0.120. The minimum Gasteiger partial charge on any atom is -0.397 e. The molecule has 3 N–H and O–H groups in total. The van der Waals surface area contributed by atoms with Crippen LogP contribution in [0.4, 0.5) is 5.69 Å². The molecule has 1 aromatic rings. The molecule has 102 valence electrons.